The van der Waals surface area contributed by atoms with Gasteiger partial charge in [-0.25, -0.2) is 12.7 Å². The van der Waals surface area contributed by atoms with E-state index in [0.29, 0.717) is 6.54 Å². The van der Waals surface area contributed by atoms with Gasteiger partial charge in [-0.05, 0) is 42.7 Å². The van der Waals surface area contributed by atoms with Crippen molar-refractivity contribution in [3.05, 3.63) is 58.6 Å². The van der Waals surface area contributed by atoms with E-state index in [9.17, 15) is 13.2 Å². The Hall–Kier alpha value is -1.89. The lowest BCUT2D eigenvalue weighted by molar-refractivity contribution is 0.0985. The molecule has 1 aliphatic rings. The molecule has 1 heterocycles. The molecule has 25 heavy (non-hydrogen) atoms. The highest BCUT2D eigenvalue weighted by atomic mass is 35.5. The molecule has 0 bridgehead atoms. The fraction of sp³-hybridized carbons (Fsp3) is 0.278. The van der Waals surface area contributed by atoms with Crippen LogP contribution in [0.2, 0.25) is 5.02 Å². The Morgan fingerprint density at radius 2 is 1.88 bits per heavy atom. The number of carbonyl (C=O) groups excluding carboxylic acids is 1. The minimum absolute atomic E-state index is 0.0514. The maximum Gasteiger partial charge on any atom is 0.259 e. The smallest absolute Gasteiger partial charge is 0.259 e. The molecule has 0 saturated carbocycles. The van der Waals surface area contributed by atoms with E-state index in [0.717, 1.165) is 28.4 Å². The monoisotopic (exact) mass is 378 g/mol. The highest BCUT2D eigenvalue weighted by molar-refractivity contribution is 7.89. The van der Waals surface area contributed by atoms with Gasteiger partial charge in [-0.15, -0.1) is 0 Å². The van der Waals surface area contributed by atoms with Crippen LogP contribution in [0.1, 0.15) is 22.3 Å². The Balaban J connectivity index is 2.04. The van der Waals surface area contributed by atoms with Gasteiger partial charge < -0.3 is 4.90 Å². The number of para-hydroxylation sites is 1. The number of nitrogens with zero attached hydrogens (tertiary/aromatic N) is 2. The number of aryl methyl sites for hydroxylation is 1. The summed E-state index contributed by atoms with van der Waals surface area (Å²) < 4.78 is 25.8. The SMILES string of the molecule is CN(C)S(=O)(=O)c1ccc(Cl)c(C(=O)N2CCCc3ccccc32)c1. The molecule has 0 saturated heterocycles. The molecular formula is C18H19ClN2O3S. The van der Waals surface area contributed by atoms with E-state index in [1.165, 1.54) is 32.3 Å². The van der Waals surface area contributed by atoms with Crippen LogP contribution in [0.3, 0.4) is 0 Å². The van der Waals surface area contributed by atoms with E-state index in [4.69, 9.17) is 11.6 Å². The van der Waals surface area contributed by atoms with Gasteiger partial charge in [0, 0.05) is 26.3 Å². The molecule has 0 atom stereocenters. The molecule has 0 N–H and O–H groups in total. The third-order valence-corrected chi connectivity index (χ3v) is 6.44. The molecular weight excluding hydrogens is 360 g/mol. The molecule has 0 aliphatic carbocycles. The lowest BCUT2D eigenvalue weighted by Crippen LogP contribution is -2.35. The van der Waals surface area contributed by atoms with Crippen molar-refractivity contribution < 1.29 is 13.2 Å². The van der Waals surface area contributed by atoms with Crippen molar-refractivity contribution in [3.8, 4) is 0 Å². The van der Waals surface area contributed by atoms with E-state index in [1.807, 2.05) is 24.3 Å². The molecule has 1 aliphatic heterocycles. The van der Waals surface area contributed by atoms with Crippen LogP contribution in [0.25, 0.3) is 0 Å². The van der Waals surface area contributed by atoms with Gasteiger partial charge in [-0.1, -0.05) is 29.8 Å². The van der Waals surface area contributed by atoms with Crippen molar-refractivity contribution in [1.82, 2.24) is 4.31 Å². The molecule has 0 aromatic heterocycles. The summed E-state index contributed by atoms with van der Waals surface area (Å²) in [5.74, 6) is -0.284. The summed E-state index contributed by atoms with van der Waals surface area (Å²) in [6.07, 6.45) is 1.78. The van der Waals surface area contributed by atoms with Gasteiger partial charge in [0.1, 0.15) is 0 Å². The van der Waals surface area contributed by atoms with Gasteiger partial charge >= 0.3 is 0 Å². The number of halogens is 1. The molecule has 2 aromatic carbocycles. The number of anilines is 1. The number of sulfonamides is 1. The van der Waals surface area contributed by atoms with Crippen LogP contribution in [-0.2, 0) is 16.4 Å². The van der Waals surface area contributed by atoms with Gasteiger partial charge in [0.05, 0.1) is 15.5 Å². The average Bonchev–Trinajstić information content (AvgIpc) is 2.60. The minimum Gasteiger partial charge on any atom is -0.308 e. The Morgan fingerprint density at radius 1 is 1.16 bits per heavy atom. The number of hydrogen-bond donors (Lipinski definition) is 0. The molecule has 0 spiro atoms. The Labute approximate surface area is 152 Å². The second kappa shape index (κ2) is 6.78. The third kappa shape index (κ3) is 3.29. The first-order valence-electron chi connectivity index (χ1n) is 7.94. The maximum atomic E-state index is 13.1. The zero-order chi connectivity index (χ0) is 18.2. The fourth-order valence-corrected chi connectivity index (χ4v) is 4.06. The van der Waals surface area contributed by atoms with E-state index in [1.54, 1.807) is 4.90 Å². The van der Waals surface area contributed by atoms with E-state index in [-0.39, 0.29) is 21.4 Å². The number of rotatable bonds is 3. The standard InChI is InChI=1S/C18H19ClN2O3S/c1-20(2)25(23,24)14-9-10-16(19)15(12-14)18(22)21-11-5-7-13-6-3-4-8-17(13)21/h3-4,6,8-10,12H,5,7,11H2,1-2H3. The Morgan fingerprint density at radius 3 is 2.60 bits per heavy atom. The molecule has 0 unspecified atom stereocenters. The first kappa shape index (κ1) is 17.9. The van der Waals surface area contributed by atoms with Crippen molar-refractivity contribution in [2.24, 2.45) is 0 Å². The summed E-state index contributed by atoms with van der Waals surface area (Å²) >= 11 is 6.21. The summed E-state index contributed by atoms with van der Waals surface area (Å²) in [7, 11) is -0.736. The second-order valence-corrected chi connectivity index (χ2v) is 8.68. The zero-order valence-electron chi connectivity index (χ0n) is 14.1. The summed E-state index contributed by atoms with van der Waals surface area (Å²) in [5.41, 5.74) is 2.16. The van der Waals surface area contributed by atoms with E-state index in [2.05, 4.69) is 0 Å². The average molecular weight is 379 g/mol. The number of carbonyl (C=O) groups is 1. The van der Waals surface area contributed by atoms with Crippen molar-refractivity contribution in [2.75, 3.05) is 25.5 Å². The predicted octanol–water partition coefficient (Wildman–Crippen LogP) is 3.18. The highest BCUT2D eigenvalue weighted by Crippen LogP contribution is 2.30. The molecule has 5 nitrogen and oxygen atoms in total. The quantitative estimate of drug-likeness (QED) is 0.824. The lowest BCUT2D eigenvalue weighted by Gasteiger charge is -2.30. The summed E-state index contributed by atoms with van der Waals surface area (Å²) in [4.78, 5) is 14.8. The van der Waals surface area contributed by atoms with Crippen LogP contribution in [0.15, 0.2) is 47.4 Å². The summed E-state index contributed by atoms with van der Waals surface area (Å²) in [5, 5.41) is 0.241. The second-order valence-electron chi connectivity index (χ2n) is 6.12. The summed E-state index contributed by atoms with van der Waals surface area (Å²) in [6, 6.07) is 12.0. The topological polar surface area (TPSA) is 57.7 Å². The van der Waals surface area contributed by atoms with Gasteiger partial charge in [-0.2, -0.15) is 0 Å². The number of amides is 1. The molecule has 2 aromatic rings. The molecule has 7 heteroatoms. The minimum atomic E-state index is -3.64. The number of hydrogen-bond acceptors (Lipinski definition) is 3. The lowest BCUT2D eigenvalue weighted by atomic mass is 10.0. The maximum absolute atomic E-state index is 13.1. The predicted molar refractivity (Wildman–Crippen MR) is 98.8 cm³/mol. The van der Waals surface area contributed by atoms with Crippen molar-refractivity contribution in [2.45, 2.75) is 17.7 Å². The largest absolute Gasteiger partial charge is 0.308 e. The van der Waals surface area contributed by atoms with Crippen LogP contribution < -0.4 is 4.90 Å². The first-order valence-corrected chi connectivity index (χ1v) is 9.76. The van der Waals surface area contributed by atoms with E-state index >= 15 is 0 Å². The fourth-order valence-electron chi connectivity index (χ4n) is 2.93. The van der Waals surface area contributed by atoms with Gasteiger partial charge in [0.2, 0.25) is 10.0 Å². The molecule has 0 fully saturated rings. The van der Waals surface area contributed by atoms with Crippen molar-refractivity contribution in [1.29, 1.82) is 0 Å². The van der Waals surface area contributed by atoms with Crippen molar-refractivity contribution >= 4 is 33.2 Å². The van der Waals surface area contributed by atoms with Crippen LogP contribution in [-0.4, -0.2) is 39.3 Å². The van der Waals surface area contributed by atoms with Gasteiger partial charge in [0.15, 0.2) is 0 Å². The first-order chi connectivity index (χ1) is 11.8. The van der Waals surface area contributed by atoms with Gasteiger partial charge in [-0.3, -0.25) is 4.79 Å². The summed E-state index contributed by atoms with van der Waals surface area (Å²) in [6.45, 7) is 0.580. The molecule has 1 amide bonds. The van der Waals surface area contributed by atoms with Crippen LogP contribution in [0.5, 0.6) is 0 Å². The van der Waals surface area contributed by atoms with Crippen LogP contribution in [0.4, 0.5) is 5.69 Å². The van der Waals surface area contributed by atoms with Crippen molar-refractivity contribution in [3.63, 3.8) is 0 Å². The molecule has 3 rings (SSSR count). The zero-order valence-corrected chi connectivity index (χ0v) is 15.6. The van der Waals surface area contributed by atoms with E-state index < -0.39 is 10.0 Å². The van der Waals surface area contributed by atoms with Crippen LogP contribution >= 0.6 is 11.6 Å². The Bertz CT molecular complexity index is 926. The highest BCUT2D eigenvalue weighted by Gasteiger charge is 2.27. The Kier molecular flexibility index (Phi) is 4.86. The number of benzene rings is 2. The molecule has 132 valence electrons. The normalized spacial score (nSPS) is 14.5. The van der Waals surface area contributed by atoms with Crippen LogP contribution in [0, 0.1) is 0 Å². The number of fused-ring (bicyclic) bond motifs is 1. The molecule has 0 radical (unpaired) electrons. The third-order valence-electron chi connectivity index (χ3n) is 4.30. The van der Waals surface area contributed by atoms with Gasteiger partial charge in [0.25, 0.3) is 5.91 Å².